The average molecular weight is 593 g/mol. The van der Waals surface area contributed by atoms with Crippen LogP contribution >= 0.6 is 31.9 Å². The average Bonchev–Trinajstić information content (AvgIpc) is 3.23. The molecule has 2 aromatic heterocycles. The summed E-state index contributed by atoms with van der Waals surface area (Å²) in [6.07, 6.45) is -2.53. The zero-order valence-electron chi connectivity index (χ0n) is 17.8. The maximum Gasteiger partial charge on any atom is 0.184 e. The highest BCUT2D eigenvalue weighted by Crippen LogP contribution is 2.40. The van der Waals surface area contributed by atoms with Gasteiger partial charge in [0, 0.05) is 21.1 Å². The molecule has 1 unspecified atom stereocenters. The molecule has 1 aromatic carbocycles. The zero-order valence-corrected chi connectivity index (χ0v) is 20.9. The van der Waals surface area contributed by atoms with Gasteiger partial charge in [0.05, 0.1) is 18.8 Å². The van der Waals surface area contributed by atoms with E-state index in [1.54, 1.807) is 17.8 Å². The summed E-state index contributed by atoms with van der Waals surface area (Å²) in [6.45, 7) is 1.92. The van der Waals surface area contributed by atoms with Crippen molar-refractivity contribution >= 4 is 31.9 Å². The summed E-state index contributed by atoms with van der Waals surface area (Å²) in [7, 11) is 0. The fourth-order valence-electron chi connectivity index (χ4n) is 4.15. The van der Waals surface area contributed by atoms with Crippen LogP contribution in [0, 0.1) is 6.92 Å². The lowest BCUT2D eigenvalue weighted by molar-refractivity contribution is -0.309. The molecule has 11 nitrogen and oxygen atoms in total. The monoisotopic (exact) mass is 591 g/mol. The van der Waals surface area contributed by atoms with Crippen molar-refractivity contribution < 1.29 is 19.3 Å². The van der Waals surface area contributed by atoms with E-state index in [1.165, 1.54) is 0 Å². The van der Waals surface area contributed by atoms with Crippen LogP contribution in [0.4, 0.5) is 0 Å². The fourth-order valence-corrected chi connectivity index (χ4v) is 4.86. The van der Waals surface area contributed by atoms with E-state index >= 15 is 0 Å². The molecule has 0 amide bonds. The maximum absolute atomic E-state index is 11.3. The lowest BCUT2D eigenvalue weighted by atomic mass is 9.91. The molecule has 0 bridgehead atoms. The second-order valence-corrected chi connectivity index (χ2v) is 9.52. The van der Waals surface area contributed by atoms with Crippen LogP contribution in [0.3, 0.4) is 0 Å². The molecule has 3 aromatic rings. The maximum atomic E-state index is 11.3. The summed E-state index contributed by atoms with van der Waals surface area (Å²) in [6, 6.07) is 10.3. The molecule has 2 fully saturated rings. The number of nitrogens with zero attached hydrogens (tertiary/aromatic N) is 7. The van der Waals surface area contributed by atoms with Crippen molar-refractivity contribution in [2.45, 2.75) is 43.7 Å². The minimum Gasteiger partial charge on any atom is -0.389 e. The molecule has 0 aliphatic carbocycles. The lowest BCUT2D eigenvalue weighted by Crippen LogP contribution is -2.58. The number of fused-ring (bicyclic) bond motifs is 1. The van der Waals surface area contributed by atoms with Gasteiger partial charge in [-0.15, -0.1) is 0 Å². The van der Waals surface area contributed by atoms with Crippen LogP contribution in [-0.4, -0.2) is 55.8 Å². The van der Waals surface area contributed by atoms with Crippen LogP contribution in [0.1, 0.15) is 29.6 Å². The molecular weight excluding hydrogens is 574 g/mol. The molecule has 2 aliphatic heterocycles. The van der Waals surface area contributed by atoms with E-state index in [1.807, 2.05) is 36.4 Å². The third kappa shape index (κ3) is 4.36. The van der Waals surface area contributed by atoms with E-state index in [4.69, 9.17) is 14.2 Å². The molecule has 5 rings (SSSR count). The number of pyridine rings is 1. The van der Waals surface area contributed by atoms with Crippen LogP contribution in [0.5, 0.6) is 0 Å². The van der Waals surface area contributed by atoms with Gasteiger partial charge in [0.2, 0.25) is 0 Å². The second kappa shape index (κ2) is 9.70. The first-order valence-electron chi connectivity index (χ1n) is 10.4. The van der Waals surface area contributed by atoms with Gasteiger partial charge < -0.3 is 19.3 Å². The van der Waals surface area contributed by atoms with E-state index < -0.39 is 36.7 Å². The lowest BCUT2D eigenvalue weighted by Gasteiger charge is -2.46. The zero-order chi connectivity index (χ0) is 23.8. The van der Waals surface area contributed by atoms with Crippen molar-refractivity contribution in [1.82, 2.24) is 19.7 Å². The van der Waals surface area contributed by atoms with Gasteiger partial charge >= 0.3 is 0 Å². The molecule has 0 saturated carbocycles. The molecular formula is C21H19Br2N7O4. The molecule has 4 heterocycles. The number of hydrogen-bond acceptors (Lipinski definition) is 8. The van der Waals surface area contributed by atoms with Crippen LogP contribution in [-0.2, 0) is 14.2 Å². The van der Waals surface area contributed by atoms with Crippen LogP contribution < -0.4 is 0 Å². The SMILES string of the molecule is Cc1nc([C@@H]2O[C@@H]3COC(c4ccccc4)O[C@@H]3[C@H](N=[N+]=[N-])[C@H]2O)n(-c2cc(Br)cnc2Br)n1. The Kier molecular flexibility index (Phi) is 6.67. The number of hydrogen-bond donors (Lipinski definition) is 1. The van der Waals surface area contributed by atoms with Gasteiger partial charge in [-0.05, 0) is 50.4 Å². The highest BCUT2D eigenvalue weighted by Gasteiger charge is 2.51. The number of aliphatic hydroxyl groups is 1. The number of aryl methyl sites for hydroxylation is 1. The molecule has 1 N–H and O–H groups in total. The Morgan fingerprint density at radius 3 is 2.79 bits per heavy atom. The van der Waals surface area contributed by atoms with Gasteiger partial charge in [-0.2, -0.15) is 5.10 Å². The predicted octanol–water partition coefficient (Wildman–Crippen LogP) is 4.09. The van der Waals surface area contributed by atoms with Crippen molar-refractivity contribution in [3.8, 4) is 5.69 Å². The second-order valence-electron chi connectivity index (χ2n) is 7.85. The number of aliphatic hydroxyl groups excluding tert-OH is 1. The van der Waals surface area contributed by atoms with Crippen molar-refractivity contribution in [2.24, 2.45) is 5.11 Å². The number of benzene rings is 1. The van der Waals surface area contributed by atoms with Crippen LogP contribution in [0.2, 0.25) is 0 Å². The van der Waals surface area contributed by atoms with Crippen molar-refractivity contribution in [1.29, 1.82) is 0 Å². The minimum atomic E-state index is -1.24. The highest BCUT2D eigenvalue weighted by atomic mass is 79.9. The smallest absolute Gasteiger partial charge is 0.184 e. The van der Waals surface area contributed by atoms with Gasteiger partial charge in [-0.25, -0.2) is 14.6 Å². The third-order valence-electron chi connectivity index (χ3n) is 5.64. The Bertz CT molecular complexity index is 1240. The van der Waals surface area contributed by atoms with Gasteiger partial charge in [0.15, 0.2) is 12.1 Å². The topological polar surface area (TPSA) is 140 Å². The van der Waals surface area contributed by atoms with Crippen molar-refractivity contribution in [3.63, 3.8) is 0 Å². The van der Waals surface area contributed by atoms with E-state index in [0.29, 0.717) is 21.9 Å². The van der Waals surface area contributed by atoms with E-state index in [9.17, 15) is 10.6 Å². The van der Waals surface area contributed by atoms with Crippen LogP contribution in [0.25, 0.3) is 16.1 Å². The molecule has 0 spiro atoms. The number of azide groups is 1. The number of halogens is 2. The van der Waals surface area contributed by atoms with Gasteiger partial charge in [-0.3, -0.25) is 0 Å². The number of rotatable bonds is 4. The van der Waals surface area contributed by atoms with E-state index in [2.05, 4.69) is 57.0 Å². The van der Waals surface area contributed by atoms with Gasteiger partial charge in [0.25, 0.3) is 0 Å². The predicted molar refractivity (Wildman–Crippen MR) is 126 cm³/mol. The Balaban J connectivity index is 1.49. The number of ether oxygens (including phenoxy) is 3. The first kappa shape index (κ1) is 23.4. The molecule has 34 heavy (non-hydrogen) atoms. The Hall–Kier alpha value is -2.38. The largest absolute Gasteiger partial charge is 0.389 e. The standard InChI is InChI=1S/C21H19Br2N7O4/c1-10-26-20(30(28-10)13-7-12(22)8-25-19(13)23)18-16(31)15(27-29-24)17-14(33-18)9-32-21(34-17)11-5-3-2-4-6-11/h2-8,14-18,21,31H,9H2,1H3/t14-,15-,16-,17+,18-,21?/m1/s1. The summed E-state index contributed by atoms with van der Waals surface area (Å²) < 4.78 is 21.1. The van der Waals surface area contributed by atoms with E-state index in [-0.39, 0.29) is 6.61 Å². The molecule has 176 valence electrons. The summed E-state index contributed by atoms with van der Waals surface area (Å²) in [5.41, 5.74) is 10.7. The molecule has 13 heteroatoms. The van der Waals surface area contributed by atoms with Gasteiger partial charge in [0.1, 0.15) is 34.4 Å². The Labute approximate surface area is 211 Å². The molecule has 2 saturated heterocycles. The summed E-state index contributed by atoms with van der Waals surface area (Å²) in [5, 5.41) is 19.6. The normalized spacial score (nSPS) is 28.7. The first-order chi connectivity index (χ1) is 16.5. The fraction of sp³-hybridized carbons (Fsp3) is 0.381. The molecule has 2 aliphatic rings. The van der Waals surface area contributed by atoms with Crippen molar-refractivity contribution in [2.75, 3.05) is 6.61 Å². The van der Waals surface area contributed by atoms with Crippen molar-refractivity contribution in [3.05, 3.63) is 79.3 Å². The van der Waals surface area contributed by atoms with Crippen LogP contribution in [0.15, 0.2) is 56.8 Å². The molecule has 0 radical (unpaired) electrons. The summed E-state index contributed by atoms with van der Waals surface area (Å²) in [4.78, 5) is 11.8. The first-order valence-corrected chi connectivity index (χ1v) is 12.0. The summed E-state index contributed by atoms with van der Waals surface area (Å²) in [5.74, 6) is 0.813. The molecule has 6 atom stereocenters. The minimum absolute atomic E-state index is 0.181. The number of aromatic nitrogens is 4. The van der Waals surface area contributed by atoms with E-state index in [0.717, 1.165) is 10.0 Å². The third-order valence-corrected chi connectivity index (χ3v) is 6.69. The highest BCUT2D eigenvalue weighted by molar-refractivity contribution is 9.11. The Morgan fingerprint density at radius 2 is 2.03 bits per heavy atom. The Morgan fingerprint density at radius 1 is 1.24 bits per heavy atom. The quantitative estimate of drug-likeness (QED) is 0.208. The van der Waals surface area contributed by atoms with Gasteiger partial charge in [-0.1, -0.05) is 35.4 Å². The summed E-state index contributed by atoms with van der Waals surface area (Å²) >= 11 is 6.86.